The molecule has 2 amide bonds. The molecule has 0 aromatic heterocycles. The van der Waals surface area contributed by atoms with Crippen LogP contribution in [0.4, 0.5) is 0 Å². The van der Waals surface area contributed by atoms with Crippen molar-refractivity contribution in [2.45, 2.75) is 31.2 Å². The molecule has 0 saturated carbocycles. The highest BCUT2D eigenvalue weighted by atomic mass is 79.9. The number of rotatable bonds is 8. The molecule has 0 spiro atoms. The maximum atomic E-state index is 12.7. The Balaban J connectivity index is 2.98. The number of carbonyl (C=O) groups excluding carboxylic acids is 2. The Bertz CT molecular complexity index is 790. The lowest BCUT2D eigenvalue weighted by molar-refractivity contribution is -0.122. The number of nitrogens with zero attached hydrogens (tertiary/aromatic N) is 1. The molecule has 0 fully saturated rings. The van der Waals surface area contributed by atoms with Gasteiger partial charge in [-0.25, -0.2) is 13.1 Å². The Kier molecular flexibility index (Phi) is 8.40. The third-order valence-electron chi connectivity index (χ3n) is 3.32. The van der Waals surface area contributed by atoms with Crippen molar-refractivity contribution in [1.82, 2.24) is 14.9 Å². The number of halogens is 1. The first-order valence-electron chi connectivity index (χ1n) is 8.22. The molecular formula is C17H26BrN3O5S. The Hall–Kier alpha value is -1.49. The van der Waals surface area contributed by atoms with E-state index in [1.807, 2.05) is 20.8 Å². The second kappa shape index (κ2) is 9.63. The molecule has 2 N–H and O–H groups in total. The third kappa shape index (κ3) is 7.57. The highest BCUT2D eigenvalue weighted by molar-refractivity contribution is 9.10. The van der Waals surface area contributed by atoms with E-state index in [-0.39, 0.29) is 36.1 Å². The Morgan fingerprint density at radius 2 is 1.89 bits per heavy atom. The van der Waals surface area contributed by atoms with Crippen molar-refractivity contribution in [3.05, 3.63) is 28.2 Å². The van der Waals surface area contributed by atoms with Gasteiger partial charge in [-0.3, -0.25) is 9.59 Å². The maximum Gasteiger partial charge on any atom is 0.255 e. The number of benzene rings is 1. The summed E-state index contributed by atoms with van der Waals surface area (Å²) in [5, 5.41) is 2.77. The van der Waals surface area contributed by atoms with Crippen LogP contribution in [0, 0.1) is 0 Å². The Morgan fingerprint density at radius 1 is 1.26 bits per heavy atom. The quantitative estimate of drug-likeness (QED) is 0.566. The van der Waals surface area contributed by atoms with E-state index in [0.29, 0.717) is 4.47 Å². The topological polar surface area (TPSA) is 105 Å². The largest absolute Gasteiger partial charge is 0.383 e. The van der Waals surface area contributed by atoms with Gasteiger partial charge in [-0.2, -0.15) is 0 Å². The Labute approximate surface area is 168 Å². The second-order valence-electron chi connectivity index (χ2n) is 6.99. The molecule has 0 bridgehead atoms. The number of sulfonamides is 1. The number of nitrogens with one attached hydrogen (secondary N) is 2. The van der Waals surface area contributed by atoms with Crippen LogP contribution in [-0.2, 0) is 19.6 Å². The van der Waals surface area contributed by atoms with Gasteiger partial charge < -0.3 is 15.0 Å². The molecule has 1 aromatic rings. The van der Waals surface area contributed by atoms with Gasteiger partial charge in [-0.1, -0.05) is 0 Å². The SMILES string of the molecule is COCCNS(=O)(=O)c1ccc(Br)c(C(=O)N(C)CC(=O)NC(C)(C)C)c1. The fourth-order valence-electron chi connectivity index (χ4n) is 2.15. The molecule has 27 heavy (non-hydrogen) atoms. The molecule has 0 saturated heterocycles. The van der Waals surface area contributed by atoms with Crippen molar-refractivity contribution < 1.29 is 22.7 Å². The lowest BCUT2D eigenvalue weighted by Gasteiger charge is -2.23. The van der Waals surface area contributed by atoms with Crippen molar-refractivity contribution in [3.8, 4) is 0 Å². The minimum atomic E-state index is -3.78. The summed E-state index contributed by atoms with van der Waals surface area (Å²) in [6, 6.07) is 4.16. The first kappa shape index (κ1) is 23.5. The van der Waals surface area contributed by atoms with Crippen molar-refractivity contribution in [1.29, 1.82) is 0 Å². The summed E-state index contributed by atoms with van der Waals surface area (Å²) in [4.78, 5) is 25.9. The summed E-state index contributed by atoms with van der Waals surface area (Å²) < 4.78 is 32.3. The molecule has 10 heteroatoms. The second-order valence-corrected chi connectivity index (χ2v) is 9.61. The summed E-state index contributed by atoms with van der Waals surface area (Å²) in [7, 11) is -0.829. The lowest BCUT2D eigenvalue weighted by atomic mass is 10.1. The van der Waals surface area contributed by atoms with E-state index in [0.717, 1.165) is 0 Å². The van der Waals surface area contributed by atoms with Gasteiger partial charge in [0.05, 0.1) is 23.6 Å². The monoisotopic (exact) mass is 463 g/mol. The van der Waals surface area contributed by atoms with Crippen LogP contribution in [0.15, 0.2) is 27.6 Å². The average molecular weight is 464 g/mol. The zero-order chi connectivity index (χ0) is 20.8. The van der Waals surface area contributed by atoms with Crippen molar-refractivity contribution in [3.63, 3.8) is 0 Å². The van der Waals surface area contributed by atoms with Gasteiger partial charge in [0.25, 0.3) is 5.91 Å². The van der Waals surface area contributed by atoms with Crippen LogP contribution in [0.1, 0.15) is 31.1 Å². The van der Waals surface area contributed by atoms with E-state index < -0.39 is 21.5 Å². The number of likely N-dealkylation sites (N-methyl/N-ethyl adjacent to an activating group) is 1. The molecular weight excluding hydrogens is 438 g/mol. The van der Waals surface area contributed by atoms with E-state index in [2.05, 4.69) is 26.0 Å². The van der Waals surface area contributed by atoms with E-state index >= 15 is 0 Å². The molecule has 0 aliphatic heterocycles. The van der Waals surface area contributed by atoms with E-state index in [9.17, 15) is 18.0 Å². The highest BCUT2D eigenvalue weighted by Gasteiger charge is 2.22. The maximum absolute atomic E-state index is 12.7. The highest BCUT2D eigenvalue weighted by Crippen LogP contribution is 2.22. The lowest BCUT2D eigenvalue weighted by Crippen LogP contribution is -2.46. The van der Waals surface area contributed by atoms with Crippen molar-refractivity contribution >= 4 is 37.8 Å². The van der Waals surface area contributed by atoms with Crippen LogP contribution in [0.2, 0.25) is 0 Å². The Morgan fingerprint density at radius 3 is 2.44 bits per heavy atom. The van der Waals surface area contributed by atoms with Crippen molar-refractivity contribution in [2.24, 2.45) is 0 Å². The van der Waals surface area contributed by atoms with E-state index in [4.69, 9.17) is 4.74 Å². The van der Waals surface area contributed by atoms with Gasteiger partial charge in [0.2, 0.25) is 15.9 Å². The molecule has 0 atom stereocenters. The van der Waals surface area contributed by atoms with Crippen molar-refractivity contribution in [2.75, 3.05) is 33.9 Å². The fourth-order valence-corrected chi connectivity index (χ4v) is 3.60. The van der Waals surface area contributed by atoms with Crippen LogP contribution >= 0.6 is 15.9 Å². The minimum Gasteiger partial charge on any atom is -0.383 e. The fraction of sp³-hybridized carbons (Fsp3) is 0.529. The van der Waals surface area contributed by atoms with Gasteiger partial charge in [-0.05, 0) is 54.9 Å². The number of ether oxygens (including phenoxy) is 1. The number of carbonyl (C=O) groups is 2. The molecule has 0 heterocycles. The van der Waals surface area contributed by atoms with Gasteiger partial charge >= 0.3 is 0 Å². The molecule has 0 radical (unpaired) electrons. The minimum absolute atomic E-state index is 0.0438. The summed E-state index contributed by atoms with van der Waals surface area (Å²) in [6.45, 7) is 5.72. The zero-order valence-electron chi connectivity index (χ0n) is 16.1. The van der Waals surface area contributed by atoms with Crippen LogP contribution < -0.4 is 10.0 Å². The van der Waals surface area contributed by atoms with Gasteiger partial charge in [0.15, 0.2) is 0 Å². The summed E-state index contributed by atoms with van der Waals surface area (Å²) in [5.41, 5.74) is -0.264. The van der Waals surface area contributed by atoms with E-state index in [1.54, 1.807) is 0 Å². The standard InChI is InChI=1S/C17H26BrN3O5S/c1-17(2,3)20-15(22)11-21(4)16(23)13-10-12(6-7-14(13)18)27(24,25)19-8-9-26-5/h6-7,10,19H,8-9,11H2,1-5H3,(H,20,22). The number of hydrogen-bond acceptors (Lipinski definition) is 5. The number of amides is 2. The normalized spacial score (nSPS) is 11.9. The molecule has 0 aliphatic rings. The molecule has 1 rings (SSSR count). The molecule has 8 nitrogen and oxygen atoms in total. The predicted molar refractivity (Wildman–Crippen MR) is 106 cm³/mol. The number of hydrogen-bond donors (Lipinski definition) is 2. The van der Waals surface area contributed by atoms with Crippen LogP contribution in [0.3, 0.4) is 0 Å². The van der Waals surface area contributed by atoms with Crippen LogP contribution in [-0.4, -0.2) is 64.5 Å². The molecule has 1 aromatic carbocycles. The first-order valence-corrected chi connectivity index (χ1v) is 10.5. The zero-order valence-corrected chi connectivity index (χ0v) is 18.5. The van der Waals surface area contributed by atoms with Crippen LogP contribution in [0.25, 0.3) is 0 Å². The summed E-state index contributed by atoms with van der Waals surface area (Å²) in [5.74, 6) is -0.778. The van der Waals surface area contributed by atoms with Gasteiger partial charge in [0.1, 0.15) is 0 Å². The molecule has 0 unspecified atom stereocenters. The van der Waals surface area contributed by atoms with Gasteiger partial charge in [-0.15, -0.1) is 0 Å². The van der Waals surface area contributed by atoms with E-state index in [1.165, 1.54) is 37.3 Å². The first-order chi connectivity index (χ1) is 12.4. The number of methoxy groups -OCH3 is 1. The molecule has 0 aliphatic carbocycles. The predicted octanol–water partition coefficient (Wildman–Crippen LogP) is 1.36. The van der Waals surface area contributed by atoms with Gasteiger partial charge in [0, 0.05) is 30.7 Å². The van der Waals surface area contributed by atoms with Crippen LogP contribution in [0.5, 0.6) is 0 Å². The average Bonchev–Trinajstić information content (AvgIpc) is 2.52. The molecule has 152 valence electrons. The smallest absolute Gasteiger partial charge is 0.255 e. The third-order valence-corrected chi connectivity index (χ3v) is 5.47. The summed E-state index contributed by atoms with van der Waals surface area (Å²) in [6.07, 6.45) is 0. The summed E-state index contributed by atoms with van der Waals surface area (Å²) >= 11 is 3.26.